The summed E-state index contributed by atoms with van der Waals surface area (Å²) in [5.74, 6) is 0.482. The van der Waals surface area contributed by atoms with Gasteiger partial charge in [-0.15, -0.1) is 10.2 Å². The van der Waals surface area contributed by atoms with Gasteiger partial charge in [-0.1, -0.05) is 27.5 Å². The quantitative estimate of drug-likeness (QED) is 0.415. The fourth-order valence-corrected chi connectivity index (χ4v) is 4.26. The number of halogens is 2. The molecule has 10 heteroatoms. The number of carbonyl (C=O) groups is 1. The molecule has 1 aliphatic heterocycles. The van der Waals surface area contributed by atoms with Gasteiger partial charge in [-0.3, -0.25) is 9.78 Å². The monoisotopic (exact) mass is 511 g/mol. The summed E-state index contributed by atoms with van der Waals surface area (Å²) in [7, 11) is 0. The number of hydrogen-bond acceptors (Lipinski definition) is 6. The van der Waals surface area contributed by atoms with E-state index in [0.717, 1.165) is 39.7 Å². The van der Waals surface area contributed by atoms with Crippen molar-refractivity contribution in [3.8, 4) is 11.4 Å². The minimum atomic E-state index is -0.0178. The molecule has 0 spiro atoms. The average molecular weight is 513 g/mol. The molecule has 1 fully saturated rings. The van der Waals surface area contributed by atoms with Crippen LogP contribution < -0.4 is 4.90 Å². The number of amides is 1. The molecule has 0 atom stereocenters. The lowest BCUT2D eigenvalue weighted by molar-refractivity contribution is -0.132. The zero-order valence-electron chi connectivity index (χ0n) is 17.0. The Morgan fingerprint density at radius 3 is 2.59 bits per heavy atom. The third-order valence-corrected chi connectivity index (χ3v) is 6.25. The Balaban J connectivity index is 1.22. The van der Waals surface area contributed by atoms with Gasteiger partial charge in [0.25, 0.3) is 0 Å². The van der Waals surface area contributed by atoms with Crippen LogP contribution in [-0.4, -0.2) is 62.2 Å². The van der Waals surface area contributed by atoms with Crippen LogP contribution in [0.1, 0.15) is 0 Å². The number of anilines is 1. The first-order chi connectivity index (χ1) is 15.6. The minimum absolute atomic E-state index is 0.0178. The van der Waals surface area contributed by atoms with Crippen molar-refractivity contribution in [3.63, 3.8) is 0 Å². The predicted octanol–water partition coefficient (Wildman–Crippen LogP) is 3.65. The van der Waals surface area contributed by atoms with Gasteiger partial charge in [0, 0.05) is 58.5 Å². The fourth-order valence-electron chi connectivity index (χ4n) is 3.82. The molecule has 2 aromatic heterocycles. The Hall–Kier alpha value is -3.04. The number of nitrogens with zero attached hydrogens (tertiary/aromatic N) is 7. The maximum atomic E-state index is 12.8. The van der Waals surface area contributed by atoms with Gasteiger partial charge in [0.15, 0.2) is 0 Å². The number of rotatable bonds is 4. The van der Waals surface area contributed by atoms with E-state index in [-0.39, 0.29) is 12.5 Å². The summed E-state index contributed by atoms with van der Waals surface area (Å²) in [6, 6.07) is 15.4. The molecule has 8 nitrogen and oxygen atoms in total. The van der Waals surface area contributed by atoms with Gasteiger partial charge >= 0.3 is 0 Å². The van der Waals surface area contributed by atoms with Crippen molar-refractivity contribution in [2.75, 3.05) is 31.1 Å². The predicted molar refractivity (Wildman–Crippen MR) is 126 cm³/mol. The molecule has 0 N–H and O–H groups in total. The average Bonchev–Trinajstić information content (AvgIpc) is 3.27. The van der Waals surface area contributed by atoms with Gasteiger partial charge in [-0.05, 0) is 53.7 Å². The van der Waals surface area contributed by atoms with E-state index >= 15 is 0 Å². The van der Waals surface area contributed by atoms with Crippen molar-refractivity contribution < 1.29 is 4.79 Å². The van der Waals surface area contributed by atoms with E-state index in [1.54, 1.807) is 6.20 Å². The summed E-state index contributed by atoms with van der Waals surface area (Å²) in [5.41, 5.74) is 2.83. The summed E-state index contributed by atoms with van der Waals surface area (Å²) in [6.07, 6.45) is 1.80. The molecule has 0 radical (unpaired) electrons. The number of piperazine rings is 1. The van der Waals surface area contributed by atoms with Crippen molar-refractivity contribution in [1.82, 2.24) is 30.1 Å². The van der Waals surface area contributed by atoms with Crippen LogP contribution in [-0.2, 0) is 11.3 Å². The van der Waals surface area contributed by atoms with Crippen LogP contribution in [0.25, 0.3) is 22.3 Å². The van der Waals surface area contributed by atoms with Gasteiger partial charge in [0.2, 0.25) is 11.7 Å². The number of pyridine rings is 1. The third kappa shape index (κ3) is 4.31. The summed E-state index contributed by atoms with van der Waals surface area (Å²) in [6.45, 7) is 2.81. The standard InChI is InChI=1S/C22H19BrClN7O/c23-16-3-1-15(2-4-16)22-26-28-31(27-22)14-21(32)30-11-9-29(10-12-30)20-7-8-25-19-13-17(24)5-6-18(19)20/h1-8,13H,9-12,14H2. The van der Waals surface area contributed by atoms with Gasteiger partial charge < -0.3 is 9.80 Å². The topological polar surface area (TPSA) is 80.0 Å². The van der Waals surface area contributed by atoms with Crippen LogP contribution in [0.4, 0.5) is 5.69 Å². The first-order valence-corrected chi connectivity index (χ1v) is 11.3. The molecular weight excluding hydrogens is 494 g/mol. The van der Waals surface area contributed by atoms with E-state index < -0.39 is 0 Å². The highest BCUT2D eigenvalue weighted by Gasteiger charge is 2.23. The summed E-state index contributed by atoms with van der Waals surface area (Å²) in [4.78, 5) is 22.7. The Labute approximate surface area is 197 Å². The van der Waals surface area contributed by atoms with Crippen LogP contribution in [0, 0.1) is 0 Å². The second-order valence-corrected chi connectivity index (χ2v) is 8.86. The summed E-state index contributed by atoms with van der Waals surface area (Å²) < 4.78 is 0.978. The highest BCUT2D eigenvalue weighted by atomic mass is 79.9. The molecule has 0 unspecified atom stereocenters. The largest absolute Gasteiger partial charge is 0.367 e. The minimum Gasteiger partial charge on any atom is -0.367 e. The van der Waals surface area contributed by atoms with Crippen LogP contribution in [0.15, 0.2) is 59.2 Å². The van der Waals surface area contributed by atoms with Gasteiger partial charge in [-0.25, -0.2) is 0 Å². The van der Waals surface area contributed by atoms with Crippen molar-refractivity contribution in [2.24, 2.45) is 0 Å². The number of hydrogen-bond donors (Lipinski definition) is 0. The number of carbonyl (C=O) groups excluding carboxylic acids is 1. The zero-order chi connectivity index (χ0) is 22.1. The highest BCUT2D eigenvalue weighted by molar-refractivity contribution is 9.10. The second kappa shape index (κ2) is 8.84. The van der Waals surface area contributed by atoms with E-state index in [1.807, 2.05) is 53.4 Å². The van der Waals surface area contributed by atoms with Gasteiger partial charge in [-0.2, -0.15) is 4.80 Å². The van der Waals surface area contributed by atoms with Crippen molar-refractivity contribution in [3.05, 3.63) is 64.2 Å². The Morgan fingerprint density at radius 1 is 1.03 bits per heavy atom. The maximum absolute atomic E-state index is 12.8. The first kappa shape index (κ1) is 20.8. The molecule has 4 aromatic rings. The lowest BCUT2D eigenvalue weighted by Gasteiger charge is -2.36. The smallest absolute Gasteiger partial charge is 0.246 e. The van der Waals surface area contributed by atoms with E-state index in [0.29, 0.717) is 23.9 Å². The molecule has 0 aliphatic carbocycles. The maximum Gasteiger partial charge on any atom is 0.246 e. The molecule has 162 valence electrons. The first-order valence-electron chi connectivity index (χ1n) is 10.2. The molecule has 5 rings (SSSR count). The molecule has 3 heterocycles. The normalized spacial score (nSPS) is 14.2. The van der Waals surface area contributed by atoms with Crippen molar-refractivity contribution in [1.29, 1.82) is 0 Å². The lowest BCUT2D eigenvalue weighted by atomic mass is 10.1. The van der Waals surface area contributed by atoms with Crippen LogP contribution in [0.2, 0.25) is 5.02 Å². The van der Waals surface area contributed by atoms with Crippen LogP contribution in [0.5, 0.6) is 0 Å². The number of tetrazole rings is 1. The Morgan fingerprint density at radius 2 is 1.81 bits per heavy atom. The SMILES string of the molecule is O=C(Cn1nnc(-c2ccc(Br)cc2)n1)N1CCN(c2ccnc3cc(Cl)ccc23)CC1. The van der Waals surface area contributed by atoms with E-state index in [4.69, 9.17) is 11.6 Å². The molecule has 1 amide bonds. The van der Waals surface area contributed by atoms with E-state index in [1.165, 1.54) is 4.80 Å². The molecule has 32 heavy (non-hydrogen) atoms. The second-order valence-electron chi connectivity index (χ2n) is 7.51. The number of aromatic nitrogens is 5. The van der Waals surface area contributed by atoms with Crippen molar-refractivity contribution in [2.45, 2.75) is 6.54 Å². The van der Waals surface area contributed by atoms with E-state index in [9.17, 15) is 4.79 Å². The molecule has 0 saturated carbocycles. The van der Waals surface area contributed by atoms with Gasteiger partial charge in [0.1, 0.15) is 6.54 Å². The van der Waals surface area contributed by atoms with Crippen LogP contribution in [0.3, 0.4) is 0 Å². The van der Waals surface area contributed by atoms with E-state index in [2.05, 4.69) is 41.2 Å². The van der Waals surface area contributed by atoms with Crippen molar-refractivity contribution >= 4 is 50.0 Å². The van der Waals surface area contributed by atoms with Gasteiger partial charge in [0.05, 0.1) is 5.52 Å². The molecule has 1 saturated heterocycles. The lowest BCUT2D eigenvalue weighted by Crippen LogP contribution is -2.49. The molecule has 2 aromatic carbocycles. The number of fused-ring (bicyclic) bond motifs is 1. The summed E-state index contributed by atoms with van der Waals surface area (Å²) >= 11 is 9.51. The third-order valence-electron chi connectivity index (χ3n) is 5.49. The molecular formula is C22H19BrClN7O. The molecule has 0 bridgehead atoms. The zero-order valence-corrected chi connectivity index (χ0v) is 19.4. The summed E-state index contributed by atoms with van der Waals surface area (Å²) in [5, 5.41) is 14.2. The fraction of sp³-hybridized carbons (Fsp3) is 0.227. The molecule has 1 aliphatic rings. The Kier molecular flexibility index (Phi) is 5.75. The highest BCUT2D eigenvalue weighted by Crippen LogP contribution is 2.28. The Bertz CT molecular complexity index is 1270. The number of benzene rings is 2. The van der Waals surface area contributed by atoms with Crippen LogP contribution >= 0.6 is 27.5 Å².